The van der Waals surface area contributed by atoms with Crippen molar-refractivity contribution in [2.45, 2.75) is 70.4 Å². The second kappa shape index (κ2) is 11.4. The van der Waals surface area contributed by atoms with E-state index in [9.17, 15) is 9.90 Å². The summed E-state index contributed by atoms with van der Waals surface area (Å²) in [5, 5.41) is 19.3. The molecule has 7 atom stereocenters. The van der Waals surface area contributed by atoms with Gasteiger partial charge < -0.3 is 30.2 Å². The van der Waals surface area contributed by atoms with Crippen LogP contribution < -0.4 is 20.7 Å². The average molecular weight is 674 g/mol. The van der Waals surface area contributed by atoms with E-state index in [2.05, 4.69) is 25.4 Å². The predicted molar refractivity (Wildman–Crippen MR) is 174 cm³/mol. The summed E-state index contributed by atoms with van der Waals surface area (Å²) in [5.41, 5.74) is 1.67. The first-order valence-electron chi connectivity index (χ1n) is 14.7. The normalized spacial score (nSPS) is 27.6. The maximum absolute atomic E-state index is 16.8. The lowest BCUT2D eigenvalue weighted by atomic mass is 9.97. The minimum Gasteiger partial charge on any atom is -0.464 e. The first-order valence-corrected chi connectivity index (χ1v) is 17.4. The topological polar surface area (TPSA) is 168 Å². The minimum absolute atomic E-state index is 0.0465. The highest BCUT2D eigenvalue weighted by atomic mass is 32.5. The van der Waals surface area contributed by atoms with Gasteiger partial charge in [0.25, 0.3) is 0 Å². The van der Waals surface area contributed by atoms with Crippen LogP contribution in [0, 0.1) is 5.41 Å². The molecule has 0 amide bonds. The molecule has 2 aromatic heterocycles. The van der Waals surface area contributed by atoms with Crippen molar-refractivity contribution in [3.8, 4) is 5.75 Å². The molecule has 2 aliphatic rings. The maximum Gasteiger partial charge on any atom is 0.323 e. The minimum atomic E-state index is -3.69. The number of fused-ring (bicyclic) bond motifs is 3. The largest absolute Gasteiger partial charge is 0.464 e. The smallest absolute Gasteiger partial charge is 0.323 e. The highest BCUT2D eigenvalue weighted by Gasteiger charge is 2.85. The van der Waals surface area contributed by atoms with Gasteiger partial charge in [0.1, 0.15) is 24.0 Å². The van der Waals surface area contributed by atoms with Gasteiger partial charge in [-0.2, -0.15) is 9.97 Å². The molecular weight excluding hydrogens is 636 g/mol. The molecule has 2 fully saturated rings. The summed E-state index contributed by atoms with van der Waals surface area (Å²) in [5.74, 6) is 0.142. The van der Waals surface area contributed by atoms with Crippen LogP contribution in [0.2, 0.25) is 0 Å². The van der Waals surface area contributed by atoms with Crippen LogP contribution in [0.15, 0.2) is 48.8 Å². The van der Waals surface area contributed by atoms with Gasteiger partial charge in [0.15, 0.2) is 34.5 Å². The molecule has 6 rings (SSSR count). The molecule has 1 saturated carbocycles. The van der Waals surface area contributed by atoms with E-state index in [0.717, 1.165) is 10.8 Å². The van der Waals surface area contributed by atoms with Crippen LogP contribution in [-0.2, 0) is 30.6 Å². The summed E-state index contributed by atoms with van der Waals surface area (Å²) >= 11 is 5.94. The first-order chi connectivity index (χ1) is 21.6. The molecular formula is C30H37FN7O6PS. The van der Waals surface area contributed by atoms with Crippen LogP contribution in [0.3, 0.4) is 0 Å². The van der Waals surface area contributed by atoms with E-state index in [1.165, 1.54) is 17.8 Å². The number of benzene rings is 2. The van der Waals surface area contributed by atoms with E-state index in [0.29, 0.717) is 17.1 Å². The van der Waals surface area contributed by atoms with Gasteiger partial charge in [-0.1, -0.05) is 57.2 Å². The zero-order valence-electron chi connectivity index (χ0n) is 26.2. The number of nitrogens with one attached hydrogen (secondary N) is 2. The Morgan fingerprint density at radius 1 is 1.26 bits per heavy atom. The molecule has 0 radical (unpaired) electrons. The molecule has 3 heterocycles. The Labute approximate surface area is 270 Å². The van der Waals surface area contributed by atoms with Crippen molar-refractivity contribution in [1.82, 2.24) is 24.6 Å². The van der Waals surface area contributed by atoms with Crippen molar-refractivity contribution < 1.29 is 32.8 Å². The van der Waals surface area contributed by atoms with Gasteiger partial charge in [0.2, 0.25) is 5.95 Å². The Hall–Kier alpha value is -3.46. The fraction of sp³-hybridized carbons (Fsp3) is 0.467. The molecule has 5 N–H and O–H groups in total. The summed E-state index contributed by atoms with van der Waals surface area (Å²) in [6.07, 6.45) is -2.34. The molecule has 2 aromatic carbocycles. The van der Waals surface area contributed by atoms with E-state index >= 15 is 4.39 Å². The molecule has 246 valence electrons. The van der Waals surface area contributed by atoms with Crippen molar-refractivity contribution in [3.05, 3.63) is 48.8 Å². The van der Waals surface area contributed by atoms with Crippen LogP contribution >= 0.6 is 6.64 Å². The van der Waals surface area contributed by atoms with Crippen LogP contribution in [0.1, 0.15) is 40.8 Å². The van der Waals surface area contributed by atoms with Crippen molar-refractivity contribution >= 4 is 58.1 Å². The van der Waals surface area contributed by atoms with Gasteiger partial charge >= 0.3 is 12.6 Å². The van der Waals surface area contributed by atoms with Crippen LogP contribution in [0.4, 0.5) is 16.2 Å². The number of nitrogens with two attached hydrogens (primary N) is 1. The molecule has 0 bridgehead atoms. The third kappa shape index (κ3) is 5.58. The SMILES string of the molecule is CNc1nc(N)nc2c1ncn2[C@@H]1O[C@@H]2C(OP(=S)(N[C@H](C)C(=O)OCC(C)(C)C)Oc3cccc4ccccc34)[C@]2(O)[C@@]1(C)F. The third-order valence-electron chi connectivity index (χ3n) is 8.06. The molecule has 46 heavy (non-hydrogen) atoms. The van der Waals surface area contributed by atoms with Gasteiger partial charge in [-0.15, -0.1) is 0 Å². The monoisotopic (exact) mass is 673 g/mol. The molecule has 16 heteroatoms. The number of aliphatic hydroxyl groups is 1. The van der Waals surface area contributed by atoms with E-state index in [1.54, 1.807) is 26.1 Å². The number of carbonyl (C=O) groups is 1. The number of anilines is 2. The summed E-state index contributed by atoms with van der Waals surface area (Å²) in [6.45, 7) is 5.11. The second-order valence-corrected chi connectivity index (χ2v) is 16.0. The molecule has 1 aliphatic carbocycles. The highest BCUT2D eigenvalue weighted by Crippen LogP contribution is 2.66. The molecule has 1 aliphatic heterocycles. The van der Waals surface area contributed by atoms with E-state index in [1.807, 2.05) is 51.1 Å². The van der Waals surface area contributed by atoms with Gasteiger partial charge in [-0.05, 0) is 42.5 Å². The summed E-state index contributed by atoms with van der Waals surface area (Å²) in [7, 11) is 1.65. The number of imidazole rings is 1. The molecule has 1 saturated heterocycles. The number of nitrogens with zero attached hydrogens (tertiary/aromatic N) is 4. The summed E-state index contributed by atoms with van der Waals surface area (Å²) in [4.78, 5) is 25.6. The summed E-state index contributed by atoms with van der Waals surface area (Å²) in [6, 6.07) is 12.0. The number of nitrogen functional groups attached to an aromatic ring is 1. The zero-order chi connectivity index (χ0) is 33.2. The number of halogens is 1. The van der Waals surface area contributed by atoms with Crippen LogP contribution in [-0.4, -0.2) is 73.8 Å². The fourth-order valence-electron chi connectivity index (χ4n) is 5.59. The number of hydrogen-bond acceptors (Lipinski definition) is 12. The van der Waals surface area contributed by atoms with Crippen molar-refractivity contribution in [2.24, 2.45) is 5.41 Å². The third-order valence-corrected chi connectivity index (χ3v) is 10.5. The Bertz CT molecular complexity index is 1860. The number of rotatable bonds is 10. The lowest BCUT2D eigenvalue weighted by molar-refractivity contribution is -0.148. The summed E-state index contributed by atoms with van der Waals surface area (Å²) < 4.78 is 42.3. The Kier molecular flexibility index (Phi) is 8.02. The first kappa shape index (κ1) is 32.5. The molecule has 4 aromatic rings. The second-order valence-electron chi connectivity index (χ2n) is 12.9. The van der Waals surface area contributed by atoms with Crippen LogP contribution in [0.25, 0.3) is 21.9 Å². The number of carbonyl (C=O) groups excluding carboxylic acids is 1. The molecule has 13 nitrogen and oxygen atoms in total. The predicted octanol–water partition coefficient (Wildman–Crippen LogP) is 4.23. The van der Waals surface area contributed by atoms with E-state index in [-0.39, 0.29) is 23.6 Å². The van der Waals surface area contributed by atoms with Crippen molar-refractivity contribution in [1.29, 1.82) is 0 Å². The van der Waals surface area contributed by atoms with Crippen molar-refractivity contribution in [3.63, 3.8) is 0 Å². The lowest BCUT2D eigenvalue weighted by Gasteiger charge is -2.33. The number of aromatic nitrogens is 4. The standard InChI is InChI=1S/C30H37FN7O6PS/c1-16(25(39)41-14-28(2,3)4)37-45(46,43-19-13-9-11-17-10-7-8-12-18(17)19)44-22-21-30(22,40)29(5,31)26(42-21)38-15-34-20-23(33-6)35-27(32)36-24(20)38/h7-13,15-16,21-22,26,40H,14H2,1-6H3,(H,37,46)(H3,32,33,35,36)/t16-,21-,22?,26-,29+,30+,45?/m1/s1. The number of ether oxygens (including phenoxy) is 2. The highest BCUT2D eigenvalue weighted by molar-refractivity contribution is 8.09. The number of hydrogen-bond donors (Lipinski definition) is 4. The van der Waals surface area contributed by atoms with Gasteiger partial charge in [-0.3, -0.25) is 13.9 Å². The molecule has 0 spiro atoms. The fourth-order valence-corrected chi connectivity index (χ4v) is 8.30. The average Bonchev–Trinajstić information content (AvgIpc) is 3.23. The quantitative estimate of drug-likeness (QED) is 0.140. The maximum atomic E-state index is 16.8. The molecule has 2 unspecified atom stereocenters. The van der Waals surface area contributed by atoms with Gasteiger partial charge in [-0.25, -0.2) is 14.5 Å². The van der Waals surface area contributed by atoms with E-state index < -0.39 is 48.4 Å². The van der Waals surface area contributed by atoms with Gasteiger partial charge in [0, 0.05) is 12.4 Å². The lowest BCUT2D eigenvalue weighted by Crippen LogP contribution is -2.45. The number of esters is 1. The Morgan fingerprint density at radius 3 is 2.65 bits per heavy atom. The number of alkyl halides is 1. The Balaban J connectivity index is 1.28. The van der Waals surface area contributed by atoms with Gasteiger partial charge in [0.05, 0.1) is 12.9 Å². The van der Waals surface area contributed by atoms with E-state index in [4.69, 9.17) is 36.1 Å². The van der Waals surface area contributed by atoms with Crippen molar-refractivity contribution in [2.75, 3.05) is 24.7 Å². The van der Waals surface area contributed by atoms with Crippen LogP contribution in [0.5, 0.6) is 5.75 Å². The Morgan fingerprint density at radius 2 is 1.98 bits per heavy atom. The zero-order valence-corrected chi connectivity index (χ0v) is 27.9.